The largest absolute Gasteiger partial charge is 0.497 e. The average molecular weight is 401 g/mol. The van der Waals surface area contributed by atoms with Crippen molar-refractivity contribution in [2.75, 3.05) is 52.3 Å². The van der Waals surface area contributed by atoms with Crippen molar-refractivity contribution in [2.45, 2.75) is 13.8 Å². The van der Waals surface area contributed by atoms with Gasteiger partial charge in [-0.2, -0.15) is 0 Å². The lowest BCUT2D eigenvalue weighted by Gasteiger charge is -2.34. The molecule has 1 fully saturated rings. The van der Waals surface area contributed by atoms with Crippen LogP contribution < -0.4 is 14.8 Å². The van der Waals surface area contributed by atoms with Crippen molar-refractivity contribution in [1.29, 1.82) is 0 Å². The average Bonchev–Trinajstić information content (AvgIpc) is 3.05. The van der Waals surface area contributed by atoms with Gasteiger partial charge in [-0.1, -0.05) is 0 Å². The molecule has 0 atom stereocenters. The minimum Gasteiger partial charge on any atom is -0.497 e. The van der Waals surface area contributed by atoms with Crippen LogP contribution in [-0.4, -0.2) is 68.6 Å². The van der Waals surface area contributed by atoms with Crippen molar-refractivity contribution in [3.8, 4) is 11.5 Å². The maximum atomic E-state index is 12.7. The molecule has 0 aliphatic carbocycles. The molecule has 1 aromatic carbocycles. The first-order valence-corrected chi connectivity index (χ1v) is 9.51. The Labute approximate surface area is 170 Å². The summed E-state index contributed by atoms with van der Waals surface area (Å²) in [7, 11) is 3.12. The molecular weight excluding hydrogens is 374 g/mol. The molecule has 1 aromatic heterocycles. The van der Waals surface area contributed by atoms with Crippen LogP contribution in [0.2, 0.25) is 0 Å². The van der Waals surface area contributed by atoms with E-state index in [2.05, 4.69) is 5.32 Å². The Bertz CT molecular complexity index is 884. The molecule has 2 aromatic rings. The second-order valence-electron chi connectivity index (χ2n) is 7.01. The Kier molecular flexibility index (Phi) is 6.43. The number of nitrogens with one attached hydrogen (secondary N) is 1. The van der Waals surface area contributed by atoms with Gasteiger partial charge in [0.25, 0.3) is 5.91 Å². The van der Waals surface area contributed by atoms with Crippen LogP contribution in [0.3, 0.4) is 0 Å². The number of methoxy groups -OCH3 is 2. The Balaban J connectivity index is 1.54. The van der Waals surface area contributed by atoms with Crippen LogP contribution in [0.4, 0.5) is 5.69 Å². The third-order valence-corrected chi connectivity index (χ3v) is 4.98. The van der Waals surface area contributed by atoms with Crippen LogP contribution >= 0.6 is 0 Å². The number of ether oxygens (including phenoxy) is 2. The maximum Gasteiger partial charge on any atom is 0.257 e. The lowest BCUT2D eigenvalue weighted by molar-refractivity contribution is -0.117. The van der Waals surface area contributed by atoms with Crippen molar-refractivity contribution in [3.63, 3.8) is 0 Å². The molecule has 1 aliphatic heterocycles. The fourth-order valence-corrected chi connectivity index (χ4v) is 3.43. The van der Waals surface area contributed by atoms with Gasteiger partial charge in [0.2, 0.25) is 5.91 Å². The molecule has 0 unspecified atom stereocenters. The summed E-state index contributed by atoms with van der Waals surface area (Å²) in [4.78, 5) is 29.0. The van der Waals surface area contributed by atoms with Gasteiger partial charge in [0, 0.05) is 32.2 Å². The smallest absolute Gasteiger partial charge is 0.257 e. The van der Waals surface area contributed by atoms with Crippen molar-refractivity contribution in [2.24, 2.45) is 0 Å². The van der Waals surface area contributed by atoms with Crippen LogP contribution in [0.25, 0.3) is 0 Å². The van der Waals surface area contributed by atoms with Crippen LogP contribution in [0.15, 0.2) is 28.7 Å². The SMILES string of the molecule is COc1ccc(OC)c(NC(=O)CN2CCN(C(=O)c3cc(C)oc3C)CC2)c1. The van der Waals surface area contributed by atoms with Crippen LogP contribution in [0.5, 0.6) is 11.5 Å². The molecule has 2 heterocycles. The first-order valence-electron chi connectivity index (χ1n) is 9.51. The fraction of sp³-hybridized carbons (Fsp3) is 0.429. The first kappa shape index (κ1) is 20.7. The number of rotatable bonds is 6. The van der Waals surface area contributed by atoms with Crippen LogP contribution in [0, 0.1) is 13.8 Å². The number of furan rings is 1. The molecule has 0 spiro atoms. The van der Waals surface area contributed by atoms with Crippen LogP contribution in [0.1, 0.15) is 21.9 Å². The summed E-state index contributed by atoms with van der Waals surface area (Å²) in [6.45, 7) is 6.27. The highest BCUT2D eigenvalue weighted by Crippen LogP contribution is 2.28. The highest BCUT2D eigenvalue weighted by atomic mass is 16.5. The van der Waals surface area contributed by atoms with E-state index in [-0.39, 0.29) is 18.4 Å². The maximum absolute atomic E-state index is 12.7. The van der Waals surface area contributed by atoms with E-state index in [4.69, 9.17) is 13.9 Å². The summed E-state index contributed by atoms with van der Waals surface area (Å²) in [5.74, 6) is 2.41. The number of aryl methyl sites for hydroxylation is 2. The normalized spacial score (nSPS) is 14.6. The highest BCUT2D eigenvalue weighted by Gasteiger charge is 2.25. The highest BCUT2D eigenvalue weighted by molar-refractivity contribution is 5.95. The zero-order valence-corrected chi connectivity index (χ0v) is 17.3. The Hall–Kier alpha value is -3.00. The lowest BCUT2D eigenvalue weighted by Crippen LogP contribution is -2.50. The van der Waals surface area contributed by atoms with E-state index in [1.807, 2.05) is 11.8 Å². The molecule has 0 radical (unpaired) electrons. The molecule has 156 valence electrons. The predicted molar refractivity (Wildman–Crippen MR) is 109 cm³/mol. The molecule has 1 saturated heterocycles. The second-order valence-corrected chi connectivity index (χ2v) is 7.01. The molecule has 0 saturated carbocycles. The van der Waals surface area contributed by atoms with Crippen molar-refractivity contribution in [3.05, 3.63) is 41.3 Å². The number of hydrogen-bond acceptors (Lipinski definition) is 6. The van der Waals surface area contributed by atoms with E-state index in [9.17, 15) is 9.59 Å². The number of carbonyl (C=O) groups is 2. The van der Waals surface area contributed by atoms with Gasteiger partial charge < -0.3 is 24.1 Å². The van der Waals surface area contributed by atoms with Gasteiger partial charge >= 0.3 is 0 Å². The zero-order chi connectivity index (χ0) is 21.0. The van der Waals surface area contributed by atoms with Gasteiger partial charge in [-0.15, -0.1) is 0 Å². The van der Waals surface area contributed by atoms with E-state index in [1.165, 1.54) is 0 Å². The molecule has 8 nitrogen and oxygen atoms in total. The summed E-state index contributed by atoms with van der Waals surface area (Å²) < 4.78 is 16.0. The van der Waals surface area contributed by atoms with Gasteiger partial charge in [0.15, 0.2) is 0 Å². The molecule has 29 heavy (non-hydrogen) atoms. The molecule has 3 rings (SSSR count). The van der Waals surface area contributed by atoms with Crippen molar-refractivity contribution >= 4 is 17.5 Å². The van der Waals surface area contributed by atoms with Gasteiger partial charge in [-0.25, -0.2) is 0 Å². The summed E-state index contributed by atoms with van der Waals surface area (Å²) >= 11 is 0. The van der Waals surface area contributed by atoms with Gasteiger partial charge in [0.05, 0.1) is 32.0 Å². The number of anilines is 1. The van der Waals surface area contributed by atoms with Gasteiger partial charge in [-0.05, 0) is 32.0 Å². The zero-order valence-electron chi connectivity index (χ0n) is 17.3. The topological polar surface area (TPSA) is 84.3 Å². The summed E-state index contributed by atoms with van der Waals surface area (Å²) in [6, 6.07) is 7.02. The van der Waals surface area contributed by atoms with E-state index >= 15 is 0 Å². The minimum atomic E-state index is -0.141. The fourth-order valence-electron chi connectivity index (χ4n) is 3.43. The number of hydrogen-bond donors (Lipinski definition) is 1. The number of piperazine rings is 1. The van der Waals surface area contributed by atoms with E-state index < -0.39 is 0 Å². The Morgan fingerprint density at radius 3 is 2.38 bits per heavy atom. The number of benzene rings is 1. The van der Waals surface area contributed by atoms with Crippen molar-refractivity contribution < 1.29 is 23.5 Å². The van der Waals surface area contributed by atoms with E-state index in [0.29, 0.717) is 54.7 Å². The lowest BCUT2D eigenvalue weighted by atomic mass is 10.2. The third-order valence-electron chi connectivity index (χ3n) is 4.98. The van der Waals surface area contributed by atoms with Gasteiger partial charge in [0.1, 0.15) is 23.0 Å². The van der Waals surface area contributed by atoms with Crippen molar-refractivity contribution in [1.82, 2.24) is 9.80 Å². The number of nitrogens with zero attached hydrogens (tertiary/aromatic N) is 2. The first-order chi connectivity index (χ1) is 13.9. The van der Waals surface area contributed by atoms with Gasteiger partial charge in [-0.3, -0.25) is 14.5 Å². The van der Waals surface area contributed by atoms with E-state index in [1.54, 1.807) is 50.3 Å². The quantitative estimate of drug-likeness (QED) is 0.800. The number of carbonyl (C=O) groups excluding carboxylic acids is 2. The standard InChI is InChI=1S/C21H27N3O5/c1-14-11-17(15(2)29-14)21(26)24-9-7-23(8-10-24)13-20(25)22-18-12-16(27-3)5-6-19(18)28-4/h5-6,11-12H,7-10,13H2,1-4H3,(H,22,25). The predicted octanol–water partition coefficient (Wildman–Crippen LogP) is 2.31. The molecule has 8 heteroatoms. The Morgan fingerprint density at radius 1 is 1.07 bits per heavy atom. The minimum absolute atomic E-state index is 0.0235. The monoisotopic (exact) mass is 401 g/mol. The summed E-state index contributed by atoms with van der Waals surface area (Å²) in [5.41, 5.74) is 1.18. The molecule has 0 bridgehead atoms. The molecular formula is C21H27N3O5. The second kappa shape index (κ2) is 9.00. The molecule has 1 aliphatic rings. The van der Waals surface area contributed by atoms with Crippen LogP contribution in [-0.2, 0) is 4.79 Å². The third kappa shape index (κ3) is 4.89. The Morgan fingerprint density at radius 2 is 1.79 bits per heavy atom. The van der Waals surface area contributed by atoms with E-state index in [0.717, 1.165) is 5.76 Å². The summed E-state index contributed by atoms with van der Waals surface area (Å²) in [5, 5.41) is 2.87. The summed E-state index contributed by atoms with van der Waals surface area (Å²) in [6.07, 6.45) is 0. The molecule has 2 amide bonds. The molecule has 1 N–H and O–H groups in total. The number of amides is 2.